The normalized spacial score (nSPS) is 8.77. The third-order valence-corrected chi connectivity index (χ3v) is 3.36. The van der Waals surface area contributed by atoms with Crippen LogP contribution in [-0.4, -0.2) is 55.9 Å². The molecule has 0 aromatic rings. The molecule has 1 N–H and O–H groups in total. The summed E-state index contributed by atoms with van der Waals surface area (Å²) < 4.78 is 1.41. The van der Waals surface area contributed by atoms with Crippen molar-refractivity contribution in [3.8, 4) is 0 Å². The van der Waals surface area contributed by atoms with Gasteiger partial charge in [-0.25, -0.2) is 0 Å². The van der Waals surface area contributed by atoms with Crippen LogP contribution >= 0.6 is 0 Å². The Morgan fingerprint density at radius 1 is 0.682 bits per heavy atom. The first-order valence-corrected chi connectivity index (χ1v) is 10.7. The Morgan fingerprint density at radius 2 is 1.05 bits per heavy atom. The van der Waals surface area contributed by atoms with Crippen LogP contribution in [0.5, 0.6) is 0 Å². The zero-order chi connectivity index (χ0) is 17.9. The molecule has 5 heteroatoms. The molecular formula is C17H39NO3Sn. The van der Waals surface area contributed by atoms with Gasteiger partial charge in [0.2, 0.25) is 0 Å². The van der Waals surface area contributed by atoms with Gasteiger partial charge in [0.15, 0.2) is 0 Å². The molecule has 0 aromatic carbocycles. The van der Waals surface area contributed by atoms with Gasteiger partial charge in [0.05, 0.1) is 0 Å². The van der Waals surface area contributed by atoms with Crippen molar-refractivity contribution in [2.45, 2.75) is 76.6 Å². The van der Waals surface area contributed by atoms with Gasteiger partial charge in [0.25, 0.3) is 0 Å². The van der Waals surface area contributed by atoms with Crippen LogP contribution in [0.15, 0.2) is 0 Å². The van der Waals surface area contributed by atoms with Gasteiger partial charge in [0, 0.05) is 0 Å². The first kappa shape index (κ1) is 30.5. The van der Waals surface area contributed by atoms with Crippen molar-refractivity contribution >= 4 is 22.5 Å². The number of rotatable bonds is 10. The van der Waals surface area contributed by atoms with Gasteiger partial charge >= 0.3 is 58.7 Å². The SMILES string of the molecule is CCCC[O-].CCCC[O-].CCCC[O-].CNCCC[CH2][Sn+3]. The summed E-state index contributed by atoms with van der Waals surface area (Å²) in [6.07, 6.45) is 8.34. The minimum atomic E-state index is 0.0938. The summed E-state index contributed by atoms with van der Waals surface area (Å²) in [4.78, 5) is 0. The maximum atomic E-state index is 9.53. The van der Waals surface area contributed by atoms with Crippen molar-refractivity contribution in [2.24, 2.45) is 0 Å². The molecule has 0 amide bonds. The second-order valence-electron chi connectivity index (χ2n) is 4.73. The van der Waals surface area contributed by atoms with Gasteiger partial charge in [-0.1, -0.05) is 59.3 Å². The summed E-state index contributed by atoms with van der Waals surface area (Å²) in [5.74, 6) is 0. The summed E-state index contributed by atoms with van der Waals surface area (Å²) in [6, 6.07) is 0. The van der Waals surface area contributed by atoms with E-state index >= 15 is 0 Å². The molecule has 22 heavy (non-hydrogen) atoms. The fourth-order valence-electron chi connectivity index (χ4n) is 0.860. The van der Waals surface area contributed by atoms with Gasteiger partial charge in [-0.15, -0.1) is 19.8 Å². The molecule has 0 aliphatic heterocycles. The third-order valence-electron chi connectivity index (χ3n) is 2.35. The molecule has 0 aliphatic rings. The molecule has 4 nitrogen and oxygen atoms in total. The molecule has 0 aromatic heterocycles. The van der Waals surface area contributed by atoms with Crippen LogP contribution in [0.1, 0.15) is 72.1 Å². The quantitative estimate of drug-likeness (QED) is 0.420. The van der Waals surface area contributed by atoms with E-state index in [9.17, 15) is 15.3 Å². The van der Waals surface area contributed by atoms with E-state index in [-0.39, 0.29) is 19.8 Å². The first-order chi connectivity index (χ1) is 10.7. The molecule has 0 rings (SSSR count). The van der Waals surface area contributed by atoms with Gasteiger partial charge < -0.3 is 15.3 Å². The van der Waals surface area contributed by atoms with E-state index in [0.717, 1.165) is 38.5 Å². The molecule has 0 fully saturated rings. The van der Waals surface area contributed by atoms with Crippen molar-refractivity contribution in [1.29, 1.82) is 0 Å². The second-order valence-corrected chi connectivity index (χ2v) is 6.16. The summed E-state index contributed by atoms with van der Waals surface area (Å²) in [5, 5.41) is 31.7. The van der Waals surface area contributed by atoms with Gasteiger partial charge in [-0.3, -0.25) is 0 Å². The van der Waals surface area contributed by atoms with Crippen LogP contribution < -0.4 is 20.6 Å². The number of hydrogen-bond acceptors (Lipinski definition) is 4. The van der Waals surface area contributed by atoms with Crippen molar-refractivity contribution in [3.05, 3.63) is 0 Å². The van der Waals surface area contributed by atoms with E-state index < -0.39 is 0 Å². The van der Waals surface area contributed by atoms with E-state index in [0.29, 0.717) is 0 Å². The van der Waals surface area contributed by atoms with Crippen molar-refractivity contribution in [3.63, 3.8) is 0 Å². The number of hydrogen-bond donors (Lipinski definition) is 1. The Balaban J connectivity index is -0.0000000995. The third kappa shape index (κ3) is 70.3. The molecule has 0 bridgehead atoms. The van der Waals surface area contributed by atoms with E-state index in [1.807, 2.05) is 27.8 Å². The molecule has 0 aliphatic carbocycles. The van der Waals surface area contributed by atoms with E-state index in [2.05, 4.69) is 5.32 Å². The van der Waals surface area contributed by atoms with E-state index in [4.69, 9.17) is 0 Å². The van der Waals surface area contributed by atoms with Gasteiger partial charge in [-0.05, 0) is 0 Å². The Hall–Kier alpha value is 0.639. The maximum absolute atomic E-state index is 9.53. The Kier molecular flexibility index (Phi) is 59.7. The summed E-state index contributed by atoms with van der Waals surface area (Å²) in [6.45, 7) is 7.51. The molecule has 0 unspecified atom stereocenters. The van der Waals surface area contributed by atoms with Crippen molar-refractivity contribution in [2.75, 3.05) is 33.4 Å². The van der Waals surface area contributed by atoms with Crippen LogP contribution in [0, 0.1) is 0 Å². The van der Waals surface area contributed by atoms with Crippen LogP contribution in [0.2, 0.25) is 4.44 Å². The Bertz CT molecular complexity index is 106. The average molecular weight is 424 g/mol. The van der Waals surface area contributed by atoms with Crippen LogP contribution in [0.25, 0.3) is 0 Å². The predicted molar refractivity (Wildman–Crippen MR) is 93.0 cm³/mol. The summed E-state index contributed by atoms with van der Waals surface area (Å²) in [5.41, 5.74) is 0. The minimum absolute atomic E-state index is 0.0938. The fourth-order valence-corrected chi connectivity index (χ4v) is 1.57. The molecule has 0 saturated carbocycles. The topological polar surface area (TPSA) is 81.2 Å². The van der Waals surface area contributed by atoms with Crippen molar-refractivity contribution < 1.29 is 15.3 Å². The van der Waals surface area contributed by atoms with Crippen LogP contribution in [0.3, 0.4) is 0 Å². The fraction of sp³-hybridized carbons (Fsp3) is 1.00. The van der Waals surface area contributed by atoms with E-state index in [1.165, 1.54) is 23.8 Å². The molecule has 0 spiro atoms. The average Bonchev–Trinajstić information content (AvgIpc) is 2.52. The molecule has 0 saturated heterocycles. The first-order valence-electron chi connectivity index (χ1n) is 8.69. The van der Waals surface area contributed by atoms with Crippen molar-refractivity contribution in [1.82, 2.24) is 5.32 Å². The monoisotopic (exact) mass is 425 g/mol. The second kappa shape index (κ2) is 43.0. The Morgan fingerprint density at radius 3 is 1.18 bits per heavy atom. The van der Waals surface area contributed by atoms with Gasteiger partial charge in [-0.2, -0.15) is 0 Å². The molecule has 0 radical (unpaired) electrons. The number of nitrogens with one attached hydrogen (secondary N) is 1. The van der Waals surface area contributed by atoms with E-state index in [1.54, 1.807) is 22.5 Å². The molecule has 134 valence electrons. The summed E-state index contributed by atoms with van der Waals surface area (Å²) in [7, 11) is 2.00. The predicted octanol–water partition coefficient (Wildman–Crippen LogP) is 1.01. The zero-order valence-electron chi connectivity index (χ0n) is 15.4. The van der Waals surface area contributed by atoms with Gasteiger partial charge in [0.1, 0.15) is 0 Å². The standard InChI is InChI=1S/C5H12N.3C4H9O.Sn/c1-3-4-5-6-2;3*1-2-3-4-5;/h6H,1,3-5H2,2H3;3*2-4H2,1H3;/q;3*-1;+3. The molecule has 0 atom stereocenters. The molecular weight excluding hydrogens is 385 g/mol. The van der Waals surface area contributed by atoms with Crippen LogP contribution in [0.4, 0.5) is 0 Å². The summed E-state index contributed by atoms with van der Waals surface area (Å²) >= 11 is 1.67. The zero-order valence-corrected chi connectivity index (χ0v) is 18.3. The van der Waals surface area contributed by atoms with Crippen LogP contribution in [-0.2, 0) is 0 Å². The number of unbranched alkanes of at least 4 members (excludes halogenated alkanes) is 4. The Labute approximate surface area is 153 Å². The molecule has 0 heterocycles.